The van der Waals surface area contributed by atoms with E-state index in [1.54, 1.807) is 18.2 Å². The van der Waals surface area contributed by atoms with Crippen molar-refractivity contribution in [1.82, 2.24) is 9.97 Å². The Morgan fingerprint density at radius 2 is 2.17 bits per heavy atom. The zero-order valence-electron chi connectivity index (χ0n) is 12.9. The quantitative estimate of drug-likeness (QED) is 0.482. The number of H-pyrrole nitrogens is 1. The molecule has 0 aliphatic carbocycles. The van der Waals surface area contributed by atoms with Crippen molar-refractivity contribution in [3.8, 4) is 12.3 Å². The summed E-state index contributed by atoms with van der Waals surface area (Å²) in [6.07, 6.45) is 7.68. The molecule has 0 fully saturated rings. The summed E-state index contributed by atoms with van der Waals surface area (Å²) in [6.45, 7) is 0.0657. The van der Waals surface area contributed by atoms with Gasteiger partial charge in [-0.2, -0.15) is 0 Å². The third kappa shape index (κ3) is 4.58. The molecule has 0 aliphatic rings. The molecule has 0 aliphatic heterocycles. The number of carbonyl (C=O) groups is 2. The standard InChI is InChI=1S/C17H18N2O4/c1-3-4-5-6-7-16(20)23-11-15-18-13-9-8-12(17(21)22-2)10-14(13)19-15/h1,8-10H,4-7,11H2,2H3,(H,18,19). The van der Waals surface area contributed by atoms with Crippen molar-refractivity contribution in [2.75, 3.05) is 7.11 Å². The van der Waals surface area contributed by atoms with E-state index in [0.717, 1.165) is 6.42 Å². The number of unbranched alkanes of at least 4 members (excludes halogenated alkanes) is 2. The van der Waals surface area contributed by atoms with Gasteiger partial charge in [-0.05, 0) is 31.0 Å². The first-order chi connectivity index (χ1) is 11.1. The molecule has 1 N–H and O–H groups in total. The van der Waals surface area contributed by atoms with Gasteiger partial charge < -0.3 is 14.5 Å². The van der Waals surface area contributed by atoms with E-state index < -0.39 is 5.97 Å². The van der Waals surface area contributed by atoms with E-state index >= 15 is 0 Å². The van der Waals surface area contributed by atoms with Gasteiger partial charge in [0, 0.05) is 12.8 Å². The van der Waals surface area contributed by atoms with Crippen molar-refractivity contribution >= 4 is 23.0 Å². The lowest BCUT2D eigenvalue weighted by Gasteiger charge is -2.01. The lowest BCUT2D eigenvalue weighted by atomic mass is 10.2. The summed E-state index contributed by atoms with van der Waals surface area (Å²) in [5.41, 5.74) is 1.81. The summed E-state index contributed by atoms with van der Waals surface area (Å²) in [4.78, 5) is 30.4. The Balaban J connectivity index is 1.92. The summed E-state index contributed by atoms with van der Waals surface area (Å²) in [5, 5.41) is 0. The molecule has 120 valence electrons. The average Bonchev–Trinajstić information content (AvgIpc) is 2.98. The van der Waals surface area contributed by atoms with Crippen LogP contribution in [0.15, 0.2) is 18.2 Å². The smallest absolute Gasteiger partial charge is 0.337 e. The van der Waals surface area contributed by atoms with Crippen molar-refractivity contribution in [2.45, 2.75) is 32.3 Å². The number of benzene rings is 1. The van der Waals surface area contributed by atoms with E-state index in [2.05, 4.69) is 20.6 Å². The maximum absolute atomic E-state index is 11.6. The van der Waals surface area contributed by atoms with Crippen LogP contribution in [0.5, 0.6) is 0 Å². The van der Waals surface area contributed by atoms with E-state index in [9.17, 15) is 9.59 Å². The Labute approximate surface area is 134 Å². The largest absolute Gasteiger partial charge is 0.465 e. The minimum atomic E-state index is -0.415. The lowest BCUT2D eigenvalue weighted by molar-refractivity contribution is -0.145. The number of rotatable bonds is 7. The van der Waals surface area contributed by atoms with Gasteiger partial charge in [-0.15, -0.1) is 12.3 Å². The van der Waals surface area contributed by atoms with Crippen LogP contribution < -0.4 is 0 Å². The predicted octanol–water partition coefficient (Wildman–Crippen LogP) is 2.59. The number of nitrogens with one attached hydrogen (secondary N) is 1. The van der Waals surface area contributed by atoms with Crippen molar-refractivity contribution in [3.63, 3.8) is 0 Å². The summed E-state index contributed by atoms with van der Waals surface area (Å²) in [5.74, 6) is 2.36. The number of terminal acetylenes is 1. The fourth-order valence-electron chi connectivity index (χ4n) is 2.09. The van der Waals surface area contributed by atoms with Crippen LogP contribution >= 0.6 is 0 Å². The van der Waals surface area contributed by atoms with Crippen LogP contribution in [-0.4, -0.2) is 29.0 Å². The molecule has 1 aromatic heterocycles. The lowest BCUT2D eigenvalue weighted by Crippen LogP contribution is -2.05. The number of ether oxygens (including phenoxy) is 2. The molecular weight excluding hydrogens is 296 g/mol. The van der Waals surface area contributed by atoms with Crippen molar-refractivity contribution in [2.24, 2.45) is 0 Å². The zero-order valence-corrected chi connectivity index (χ0v) is 12.9. The molecule has 2 aromatic rings. The maximum Gasteiger partial charge on any atom is 0.337 e. The topological polar surface area (TPSA) is 81.3 Å². The van der Waals surface area contributed by atoms with Gasteiger partial charge in [-0.3, -0.25) is 4.79 Å². The second kappa shape index (κ2) is 7.99. The molecule has 0 saturated carbocycles. The third-order valence-corrected chi connectivity index (χ3v) is 3.27. The average molecular weight is 314 g/mol. The van der Waals surface area contributed by atoms with Crippen LogP contribution in [0.2, 0.25) is 0 Å². The van der Waals surface area contributed by atoms with Gasteiger partial charge in [0.1, 0.15) is 12.4 Å². The molecule has 0 amide bonds. The number of aromatic amines is 1. The highest BCUT2D eigenvalue weighted by atomic mass is 16.5. The van der Waals surface area contributed by atoms with Crippen molar-refractivity contribution < 1.29 is 19.1 Å². The number of fused-ring (bicyclic) bond motifs is 1. The van der Waals surface area contributed by atoms with Gasteiger partial charge in [-0.25, -0.2) is 9.78 Å². The molecule has 1 aromatic carbocycles. The van der Waals surface area contributed by atoms with Gasteiger partial charge in [0.15, 0.2) is 0 Å². The monoisotopic (exact) mass is 314 g/mol. The van der Waals surface area contributed by atoms with Crippen LogP contribution in [-0.2, 0) is 20.9 Å². The normalized spacial score (nSPS) is 10.3. The number of imidazole rings is 1. The number of carbonyl (C=O) groups excluding carboxylic acids is 2. The molecule has 0 saturated heterocycles. The van der Waals surface area contributed by atoms with E-state index in [0.29, 0.717) is 41.7 Å². The first-order valence-corrected chi connectivity index (χ1v) is 7.30. The SMILES string of the molecule is C#CCCCCC(=O)OCc1nc2ccc(C(=O)OC)cc2[nH]1. The number of nitrogens with zero attached hydrogens (tertiary/aromatic N) is 1. The van der Waals surface area contributed by atoms with Crippen LogP contribution in [0.3, 0.4) is 0 Å². The Kier molecular flexibility index (Phi) is 5.75. The molecule has 1 heterocycles. The highest BCUT2D eigenvalue weighted by Crippen LogP contribution is 2.15. The maximum atomic E-state index is 11.6. The van der Waals surface area contributed by atoms with Crippen LogP contribution in [0, 0.1) is 12.3 Å². The molecular formula is C17H18N2O4. The van der Waals surface area contributed by atoms with Crippen LogP contribution in [0.25, 0.3) is 11.0 Å². The summed E-state index contributed by atoms with van der Waals surface area (Å²) in [7, 11) is 1.33. The minimum Gasteiger partial charge on any atom is -0.465 e. The fraction of sp³-hybridized carbons (Fsp3) is 0.353. The minimum absolute atomic E-state index is 0.0657. The van der Waals surface area contributed by atoms with E-state index in [1.807, 2.05) is 0 Å². The molecule has 0 unspecified atom stereocenters. The number of aromatic nitrogens is 2. The Morgan fingerprint density at radius 3 is 2.91 bits per heavy atom. The molecule has 6 nitrogen and oxygen atoms in total. The van der Waals surface area contributed by atoms with E-state index in [1.165, 1.54) is 7.11 Å². The molecule has 23 heavy (non-hydrogen) atoms. The van der Waals surface area contributed by atoms with Gasteiger partial charge in [-0.1, -0.05) is 0 Å². The summed E-state index contributed by atoms with van der Waals surface area (Å²) >= 11 is 0. The second-order valence-electron chi connectivity index (χ2n) is 4.98. The Bertz CT molecular complexity index is 743. The fourth-order valence-corrected chi connectivity index (χ4v) is 2.09. The first-order valence-electron chi connectivity index (χ1n) is 7.30. The number of esters is 2. The Morgan fingerprint density at radius 1 is 1.35 bits per heavy atom. The molecule has 2 rings (SSSR count). The third-order valence-electron chi connectivity index (χ3n) is 3.27. The van der Waals surface area contributed by atoms with Crippen molar-refractivity contribution in [1.29, 1.82) is 0 Å². The second-order valence-corrected chi connectivity index (χ2v) is 4.98. The number of hydrogen-bond donors (Lipinski definition) is 1. The summed E-state index contributed by atoms with van der Waals surface area (Å²) in [6, 6.07) is 5.00. The molecule has 6 heteroatoms. The van der Waals surface area contributed by atoms with E-state index in [4.69, 9.17) is 11.2 Å². The highest BCUT2D eigenvalue weighted by Gasteiger charge is 2.10. The van der Waals surface area contributed by atoms with Crippen LogP contribution in [0.1, 0.15) is 41.9 Å². The Hall–Kier alpha value is -2.81. The first kappa shape index (κ1) is 16.6. The zero-order chi connectivity index (χ0) is 16.7. The molecule has 0 radical (unpaired) electrons. The van der Waals surface area contributed by atoms with Crippen LogP contribution in [0.4, 0.5) is 0 Å². The van der Waals surface area contributed by atoms with Crippen molar-refractivity contribution in [3.05, 3.63) is 29.6 Å². The van der Waals surface area contributed by atoms with E-state index in [-0.39, 0.29) is 12.6 Å². The number of methoxy groups -OCH3 is 1. The number of hydrogen-bond acceptors (Lipinski definition) is 5. The van der Waals surface area contributed by atoms with Gasteiger partial charge >= 0.3 is 11.9 Å². The molecule has 0 atom stereocenters. The highest BCUT2D eigenvalue weighted by molar-refractivity contribution is 5.93. The van der Waals surface area contributed by atoms with Gasteiger partial charge in [0.2, 0.25) is 0 Å². The van der Waals surface area contributed by atoms with Gasteiger partial charge in [0.05, 0.1) is 23.7 Å². The summed E-state index contributed by atoms with van der Waals surface area (Å²) < 4.78 is 9.83. The molecule has 0 spiro atoms. The van der Waals surface area contributed by atoms with Gasteiger partial charge in [0.25, 0.3) is 0 Å². The predicted molar refractivity (Wildman–Crippen MR) is 84.5 cm³/mol. The molecule has 0 bridgehead atoms.